The maximum Gasteiger partial charge on any atom is 2.00 e. The van der Waals surface area contributed by atoms with Gasteiger partial charge in [-0.05, 0) is 6.10 Å². The van der Waals surface area contributed by atoms with E-state index in [2.05, 4.69) is 0 Å². The number of nitrogens with two attached hydrogens (primary N) is 3. The first kappa shape index (κ1) is 32.1. The Labute approximate surface area is 209 Å². The number of hydrogen-bond donors (Lipinski definition) is 11. The molecule has 2 rings (SSSR count). The van der Waals surface area contributed by atoms with Crippen LogP contribution in [-0.4, -0.2) is 140 Å². The van der Waals surface area contributed by atoms with Crippen LogP contribution in [0.5, 0.6) is 0 Å². The second-order valence-corrected chi connectivity index (χ2v) is 7.92. The molecule has 2 aliphatic rings. The topological polar surface area (TPSA) is 277 Å². The van der Waals surface area contributed by atoms with Crippen molar-refractivity contribution in [2.24, 2.45) is 17.2 Å². The van der Waals surface area contributed by atoms with Gasteiger partial charge in [0.25, 0.3) is 0 Å². The van der Waals surface area contributed by atoms with Crippen LogP contribution in [0.3, 0.4) is 0 Å². The molecule has 0 radical (unpaired) electrons. The molecule has 196 valence electrons. The molecular formula is C18H35N3O12Zn. The minimum absolute atomic E-state index is 0. The van der Waals surface area contributed by atoms with E-state index in [1.165, 1.54) is 0 Å². The summed E-state index contributed by atoms with van der Waals surface area (Å²) < 4.78 is 21.7. The van der Waals surface area contributed by atoms with E-state index in [0.29, 0.717) is 0 Å². The van der Waals surface area contributed by atoms with Gasteiger partial charge < -0.3 is 77.0 Å². The van der Waals surface area contributed by atoms with Gasteiger partial charge in [-0.15, -0.1) is 0 Å². The second-order valence-electron chi connectivity index (χ2n) is 7.92. The zero-order valence-corrected chi connectivity index (χ0v) is 21.4. The van der Waals surface area contributed by atoms with Crippen LogP contribution in [0, 0.1) is 13.0 Å². The summed E-state index contributed by atoms with van der Waals surface area (Å²) in [5.74, 6) is 0. The quantitative estimate of drug-likeness (QED) is 0.0841. The van der Waals surface area contributed by atoms with Gasteiger partial charge in [0.1, 0.15) is 24.4 Å². The summed E-state index contributed by atoms with van der Waals surface area (Å²) in [5, 5.41) is 78.2. The second kappa shape index (κ2) is 14.7. The van der Waals surface area contributed by atoms with Crippen LogP contribution in [0.4, 0.5) is 0 Å². The van der Waals surface area contributed by atoms with E-state index in [0.717, 1.165) is 13.0 Å². The Bertz CT molecular complexity index is 582. The Balaban J connectivity index is 0.00000578. The van der Waals surface area contributed by atoms with E-state index in [1.807, 2.05) is 0 Å². The van der Waals surface area contributed by atoms with Crippen molar-refractivity contribution >= 4 is 0 Å². The first-order valence-corrected chi connectivity index (χ1v) is 10.4. The van der Waals surface area contributed by atoms with Crippen LogP contribution >= 0.6 is 0 Å². The molecule has 6 unspecified atom stereocenters. The molecule has 2 saturated heterocycles. The molecule has 14 N–H and O–H groups in total. The molecule has 0 spiro atoms. The maximum absolute atomic E-state index is 10.6. The van der Waals surface area contributed by atoms with E-state index in [9.17, 15) is 35.7 Å². The van der Waals surface area contributed by atoms with Crippen molar-refractivity contribution in [3.05, 3.63) is 13.0 Å². The molecule has 0 aromatic carbocycles. The molecule has 0 bridgehead atoms. The van der Waals surface area contributed by atoms with Gasteiger partial charge >= 0.3 is 19.5 Å². The Morgan fingerprint density at radius 3 is 2.00 bits per heavy atom. The summed E-state index contributed by atoms with van der Waals surface area (Å²) in [5.41, 5.74) is 17.4. The summed E-state index contributed by atoms with van der Waals surface area (Å²) in [4.78, 5) is 0. The van der Waals surface area contributed by atoms with Crippen LogP contribution in [0.1, 0.15) is 0 Å². The number of rotatable bonds is 11. The number of hydrogen-bond acceptors (Lipinski definition) is 15. The van der Waals surface area contributed by atoms with Crippen molar-refractivity contribution < 1.29 is 79.3 Å². The van der Waals surface area contributed by atoms with E-state index in [4.69, 9.17) is 41.3 Å². The molecule has 0 aliphatic carbocycles. The SMILES string of the molecule is NC1C(O)O[C@H](CO)C(O[C@@H]2O[C@H](CO)C(O[CH-][C@H](N)[C@@H](O)[C@H](O)[CH-]CO)[C@H](O)C2N)C1O.[Zn+2]. The average Bonchev–Trinajstić information content (AvgIpc) is 2.80. The Morgan fingerprint density at radius 1 is 0.882 bits per heavy atom. The zero-order chi connectivity index (χ0) is 24.9. The molecule has 15 nitrogen and oxygen atoms in total. The number of aliphatic hydroxyl groups excluding tert-OH is 8. The van der Waals surface area contributed by atoms with Crippen LogP contribution in [0.25, 0.3) is 0 Å². The van der Waals surface area contributed by atoms with Gasteiger partial charge in [0.05, 0.1) is 37.5 Å². The molecule has 16 heteroatoms. The number of ether oxygens (including phenoxy) is 4. The molecule has 0 amide bonds. The Morgan fingerprint density at radius 2 is 1.44 bits per heavy atom. The predicted octanol–water partition coefficient (Wildman–Crippen LogP) is -7.04. The molecule has 0 saturated carbocycles. The Kier molecular flexibility index (Phi) is 13.8. The summed E-state index contributed by atoms with van der Waals surface area (Å²) >= 11 is 0. The van der Waals surface area contributed by atoms with Crippen molar-refractivity contribution in [1.29, 1.82) is 0 Å². The fraction of sp³-hybridized carbons (Fsp3) is 0.889. The van der Waals surface area contributed by atoms with Gasteiger partial charge in [0.15, 0.2) is 12.6 Å². The van der Waals surface area contributed by atoms with Gasteiger partial charge in [0.2, 0.25) is 0 Å². The smallest absolute Gasteiger partial charge is 0.544 e. The van der Waals surface area contributed by atoms with Crippen LogP contribution in [0.15, 0.2) is 0 Å². The van der Waals surface area contributed by atoms with Crippen molar-refractivity contribution in [2.45, 2.75) is 79.5 Å². The third-order valence-corrected chi connectivity index (χ3v) is 5.60. The summed E-state index contributed by atoms with van der Waals surface area (Å²) in [6.45, 7) is -0.870. The normalized spacial score (nSPS) is 41.4. The van der Waals surface area contributed by atoms with E-state index in [-0.39, 0.29) is 19.5 Å². The number of aliphatic hydroxyl groups is 8. The fourth-order valence-electron chi connectivity index (χ4n) is 3.54. The van der Waals surface area contributed by atoms with Crippen LogP contribution < -0.4 is 17.2 Å². The van der Waals surface area contributed by atoms with E-state index < -0.39 is 99.4 Å². The summed E-state index contributed by atoms with van der Waals surface area (Å²) in [6.07, 6.45) is -12.8. The van der Waals surface area contributed by atoms with Crippen LogP contribution in [0.2, 0.25) is 0 Å². The Hall–Kier alpha value is 0.0234. The largest absolute Gasteiger partial charge is 2.00 e. The van der Waals surface area contributed by atoms with Gasteiger partial charge in [-0.25, -0.2) is 0 Å². The summed E-state index contributed by atoms with van der Waals surface area (Å²) in [6, 6.07) is -3.78. The molecule has 34 heavy (non-hydrogen) atoms. The average molecular weight is 551 g/mol. The first-order valence-electron chi connectivity index (χ1n) is 10.4. The molecule has 2 heterocycles. The molecular weight excluding hydrogens is 516 g/mol. The van der Waals surface area contributed by atoms with Crippen molar-refractivity contribution in [3.8, 4) is 0 Å². The minimum Gasteiger partial charge on any atom is -0.544 e. The third-order valence-electron chi connectivity index (χ3n) is 5.60. The van der Waals surface area contributed by atoms with Crippen molar-refractivity contribution in [1.82, 2.24) is 0 Å². The van der Waals surface area contributed by atoms with Gasteiger partial charge in [-0.1, -0.05) is 12.6 Å². The molecule has 0 aromatic heterocycles. The van der Waals surface area contributed by atoms with Gasteiger partial charge in [-0.2, -0.15) is 6.61 Å². The van der Waals surface area contributed by atoms with Gasteiger partial charge in [-0.3, -0.25) is 6.42 Å². The first-order chi connectivity index (χ1) is 15.6. The molecule has 13 atom stereocenters. The third kappa shape index (κ3) is 7.52. The summed E-state index contributed by atoms with van der Waals surface area (Å²) in [7, 11) is 0. The molecule has 2 fully saturated rings. The predicted molar refractivity (Wildman–Crippen MR) is 107 cm³/mol. The van der Waals surface area contributed by atoms with Crippen molar-refractivity contribution in [2.75, 3.05) is 19.8 Å². The molecule has 2 aliphatic heterocycles. The minimum atomic E-state index is -1.55. The maximum atomic E-state index is 10.6. The fourth-order valence-corrected chi connectivity index (χ4v) is 3.54. The van der Waals surface area contributed by atoms with E-state index >= 15 is 0 Å². The van der Waals surface area contributed by atoms with Crippen molar-refractivity contribution in [3.63, 3.8) is 0 Å². The van der Waals surface area contributed by atoms with E-state index in [1.54, 1.807) is 0 Å². The standard InChI is InChI=1S/C18H35N3O12.Zn/c19-6(12(26)7(25)1-2-22)5-30-15-8(3-23)32-18(11(21)14(15)28)33-16-9(4-24)31-17(29)10(20)13(16)27;/h1,5-18,22-29H,2-4,19-21H2;/q-2;+2/t6-,7+,8+,9+,10?,11?,12+,13?,14+,15?,16?,17?,18-;/m0./s1. The molecule has 0 aromatic rings. The monoisotopic (exact) mass is 549 g/mol. The van der Waals surface area contributed by atoms with Gasteiger partial charge in [0, 0.05) is 6.10 Å². The zero-order valence-electron chi connectivity index (χ0n) is 18.4. The van der Waals surface area contributed by atoms with Crippen LogP contribution in [-0.2, 0) is 38.4 Å².